The second-order valence-corrected chi connectivity index (χ2v) is 3.99. The van der Waals surface area contributed by atoms with Gasteiger partial charge in [0.2, 0.25) is 0 Å². The number of hydrogen-bond acceptors (Lipinski definition) is 4. The number of ether oxygens (including phenoxy) is 1. The van der Waals surface area contributed by atoms with E-state index in [1.807, 2.05) is 0 Å². The van der Waals surface area contributed by atoms with E-state index < -0.39 is 5.95 Å². The van der Waals surface area contributed by atoms with Crippen molar-refractivity contribution in [3.05, 3.63) is 18.3 Å². The SMILES string of the molecule is Fc1n[nH]nc1-c1cnn(C2CCCCO2)c1. The van der Waals surface area contributed by atoms with E-state index in [1.165, 1.54) is 0 Å². The Labute approximate surface area is 96.8 Å². The smallest absolute Gasteiger partial charge is 0.260 e. The van der Waals surface area contributed by atoms with Gasteiger partial charge in [0.1, 0.15) is 6.23 Å². The number of H-pyrrole nitrogens is 1. The molecule has 17 heavy (non-hydrogen) atoms. The van der Waals surface area contributed by atoms with Gasteiger partial charge < -0.3 is 4.74 Å². The summed E-state index contributed by atoms with van der Waals surface area (Å²) in [6, 6.07) is 0. The summed E-state index contributed by atoms with van der Waals surface area (Å²) in [6.45, 7) is 0.748. The highest BCUT2D eigenvalue weighted by molar-refractivity contribution is 5.55. The molecule has 0 aromatic carbocycles. The van der Waals surface area contributed by atoms with Crippen molar-refractivity contribution in [2.45, 2.75) is 25.5 Å². The van der Waals surface area contributed by atoms with Crippen LogP contribution in [-0.2, 0) is 4.74 Å². The lowest BCUT2D eigenvalue weighted by atomic mass is 10.2. The van der Waals surface area contributed by atoms with Gasteiger partial charge in [-0.05, 0) is 19.3 Å². The Balaban J connectivity index is 1.85. The zero-order valence-electron chi connectivity index (χ0n) is 9.14. The number of nitrogens with zero attached hydrogens (tertiary/aromatic N) is 4. The molecule has 0 bridgehead atoms. The largest absolute Gasteiger partial charge is 0.357 e. The number of nitrogens with one attached hydrogen (secondary N) is 1. The first kappa shape index (κ1) is 10.4. The van der Waals surface area contributed by atoms with Gasteiger partial charge in [0.05, 0.1) is 6.20 Å². The summed E-state index contributed by atoms with van der Waals surface area (Å²) >= 11 is 0. The molecular formula is C10H12FN5O. The summed E-state index contributed by atoms with van der Waals surface area (Å²) in [6.07, 6.45) is 6.39. The maximum absolute atomic E-state index is 13.2. The van der Waals surface area contributed by atoms with Gasteiger partial charge in [0, 0.05) is 18.4 Å². The third-order valence-electron chi connectivity index (χ3n) is 2.83. The van der Waals surface area contributed by atoms with E-state index in [-0.39, 0.29) is 11.9 Å². The fraction of sp³-hybridized carbons (Fsp3) is 0.500. The van der Waals surface area contributed by atoms with E-state index in [9.17, 15) is 4.39 Å². The molecule has 1 aliphatic rings. The molecule has 7 heteroatoms. The Morgan fingerprint density at radius 2 is 2.35 bits per heavy atom. The summed E-state index contributed by atoms with van der Waals surface area (Å²) in [4.78, 5) is 0. The quantitative estimate of drug-likeness (QED) is 0.859. The topological polar surface area (TPSA) is 68.6 Å². The molecule has 3 heterocycles. The molecule has 1 saturated heterocycles. The molecule has 0 saturated carbocycles. The third-order valence-corrected chi connectivity index (χ3v) is 2.83. The molecule has 1 atom stereocenters. The molecule has 0 radical (unpaired) electrons. The highest BCUT2D eigenvalue weighted by atomic mass is 19.1. The van der Waals surface area contributed by atoms with Gasteiger partial charge in [0.25, 0.3) is 5.95 Å². The standard InChI is InChI=1S/C10H12FN5O/c11-10-9(13-15-14-10)7-5-12-16(6-7)8-3-1-2-4-17-8/h5-6,8H,1-4H2,(H,13,14,15). The molecule has 1 unspecified atom stereocenters. The molecule has 6 nitrogen and oxygen atoms in total. The van der Waals surface area contributed by atoms with Crippen molar-refractivity contribution in [1.82, 2.24) is 25.2 Å². The number of hydrogen-bond donors (Lipinski definition) is 1. The molecule has 0 aliphatic carbocycles. The van der Waals surface area contributed by atoms with Crippen LogP contribution < -0.4 is 0 Å². The highest BCUT2D eigenvalue weighted by Crippen LogP contribution is 2.24. The molecule has 1 aliphatic heterocycles. The first-order chi connectivity index (χ1) is 8.34. The molecule has 90 valence electrons. The van der Waals surface area contributed by atoms with Crippen LogP contribution in [0.25, 0.3) is 11.3 Å². The molecule has 0 amide bonds. The van der Waals surface area contributed by atoms with E-state index in [1.54, 1.807) is 17.1 Å². The molecule has 1 N–H and O–H groups in total. The van der Waals surface area contributed by atoms with Gasteiger partial charge in [-0.3, -0.25) is 0 Å². The van der Waals surface area contributed by atoms with Gasteiger partial charge in [-0.25, -0.2) is 4.68 Å². The predicted molar refractivity (Wildman–Crippen MR) is 56.4 cm³/mol. The Kier molecular flexibility index (Phi) is 2.60. The number of aromatic amines is 1. The monoisotopic (exact) mass is 237 g/mol. The molecular weight excluding hydrogens is 225 g/mol. The lowest BCUT2D eigenvalue weighted by Crippen LogP contribution is -2.18. The first-order valence-electron chi connectivity index (χ1n) is 5.57. The van der Waals surface area contributed by atoms with Crippen LogP contribution in [0.15, 0.2) is 12.4 Å². The zero-order valence-corrected chi connectivity index (χ0v) is 9.14. The van der Waals surface area contributed by atoms with Crippen LogP contribution in [0, 0.1) is 5.95 Å². The van der Waals surface area contributed by atoms with Crippen molar-refractivity contribution >= 4 is 0 Å². The second kappa shape index (κ2) is 4.25. The maximum atomic E-state index is 13.2. The minimum absolute atomic E-state index is 0.0486. The molecule has 2 aromatic heterocycles. The zero-order chi connectivity index (χ0) is 11.7. The summed E-state index contributed by atoms with van der Waals surface area (Å²) in [5.74, 6) is -0.617. The molecule has 2 aromatic rings. The van der Waals surface area contributed by atoms with Gasteiger partial charge in [-0.1, -0.05) is 0 Å². The summed E-state index contributed by atoms with van der Waals surface area (Å²) in [7, 11) is 0. The van der Waals surface area contributed by atoms with Crippen molar-refractivity contribution in [2.75, 3.05) is 6.61 Å². The summed E-state index contributed by atoms with van der Waals surface area (Å²) in [5, 5.41) is 13.5. The average Bonchev–Trinajstić information content (AvgIpc) is 2.98. The average molecular weight is 237 g/mol. The molecule has 0 spiro atoms. The van der Waals surface area contributed by atoms with E-state index in [2.05, 4.69) is 20.5 Å². The van der Waals surface area contributed by atoms with Crippen LogP contribution in [0.5, 0.6) is 0 Å². The summed E-state index contributed by atoms with van der Waals surface area (Å²) < 4.78 is 20.5. The Hall–Kier alpha value is -1.76. The van der Waals surface area contributed by atoms with E-state index in [4.69, 9.17) is 4.74 Å². The van der Waals surface area contributed by atoms with Crippen molar-refractivity contribution in [2.24, 2.45) is 0 Å². The summed E-state index contributed by atoms with van der Waals surface area (Å²) in [5.41, 5.74) is 0.789. The number of halogens is 1. The van der Waals surface area contributed by atoms with Crippen molar-refractivity contribution < 1.29 is 9.13 Å². The predicted octanol–water partition coefficient (Wildman–Crippen LogP) is 1.51. The highest BCUT2D eigenvalue weighted by Gasteiger charge is 2.18. The van der Waals surface area contributed by atoms with Crippen LogP contribution in [0.2, 0.25) is 0 Å². The maximum Gasteiger partial charge on any atom is 0.260 e. The van der Waals surface area contributed by atoms with Gasteiger partial charge >= 0.3 is 0 Å². The lowest BCUT2D eigenvalue weighted by Gasteiger charge is -2.22. The van der Waals surface area contributed by atoms with E-state index in [0.717, 1.165) is 25.9 Å². The van der Waals surface area contributed by atoms with E-state index >= 15 is 0 Å². The molecule has 1 fully saturated rings. The van der Waals surface area contributed by atoms with Crippen LogP contribution in [0.3, 0.4) is 0 Å². The lowest BCUT2D eigenvalue weighted by molar-refractivity contribution is -0.0394. The van der Waals surface area contributed by atoms with Crippen molar-refractivity contribution in [3.8, 4) is 11.3 Å². The van der Waals surface area contributed by atoms with Crippen molar-refractivity contribution in [1.29, 1.82) is 0 Å². The number of rotatable bonds is 2. The van der Waals surface area contributed by atoms with Crippen LogP contribution in [0.1, 0.15) is 25.5 Å². The molecule has 3 rings (SSSR count). The van der Waals surface area contributed by atoms with Gasteiger partial charge in [0.15, 0.2) is 5.69 Å². The minimum atomic E-state index is -0.617. The Morgan fingerprint density at radius 3 is 3.06 bits per heavy atom. The fourth-order valence-corrected chi connectivity index (χ4v) is 1.95. The number of aromatic nitrogens is 5. The first-order valence-corrected chi connectivity index (χ1v) is 5.57. The Bertz CT molecular complexity index is 502. The van der Waals surface area contributed by atoms with E-state index in [0.29, 0.717) is 5.56 Å². The fourth-order valence-electron chi connectivity index (χ4n) is 1.95. The minimum Gasteiger partial charge on any atom is -0.357 e. The Morgan fingerprint density at radius 1 is 1.41 bits per heavy atom. The van der Waals surface area contributed by atoms with Gasteiger partial charge in [-0.15, -0.1) is 5.10 Å². The normalized spacial score (nSPS) is 20.6. The van der Waals surface area contributed by atoms with Crippen LogP contribution >= 0.6 is 0 Å². The van der Waals surface area contributed by atoms with Crippen molar-refractivity contribution in [3.63, 3.8) is 0 Å². The van der Waals surface area contributed by atoms with Crippen LogP contribution in [0.4, 0.5) is 4.39 Å². The second-order valence-electron chi connectivity index (χ2n) is 3.99. The third kappa shape index (κ3) is 1.93. The van der Waals surface area contributed by atoms with Crippen LogP contribution in [-0.4, -0.2) is 31.8 Å². The van der Waals surface area contributed by atoms with Gasteiger partial charge in [-0.2, -0.15) is 19.8 Å².